The molecule has 0 amide bonds. The van der Waals surface area contributed by atoms with Crippen molar-refractivity contribution in [2.75, 3.05) is 58.2 Å². The smallest absolute Gasteiger partial charge is 0.744 e. The number of rotatable bonds is 20. The normalized spacial score (nSPS) is 11.2. The largest absolute Gasteiger partial charge is 1.00 e. The zero-order chi connectivity index (χ0) is 42.5. The minimum Gasteiger partial charge on any atom is -0.744 e. The summed E-state index contributed by atoms with van der Waals surface area (Å²) in [5, 5.41) is 36.2. The van der Waals surface area contributed by atoms with Crippen molar-refractivity contribution in [3.63, 3.8) is 0 Å². The predicted molar refractivity (Wildman–Crippen MR) is 224 cm³/mol. The molecule has 4 aromatic carbocycles. The first-order valence-electron chi connectivity index (χ1n) is 18.1. The number of anilines is 10. The minimum atomic E-state index is -5.11. The van der Waals surface area contributed by atoms with E-state index in [4.69, 9.17) is 0 Å². The second kappa shape index (κ2) is 23.6. The van der Waals surface area contributed by atoms with E-state index >= 15 is 0 Å². The zero-order valence-corrected chi connectivity index (χ0v) is 39.1. The van der Waals surface area contributed by atoms with E-state index in [2.05, 4.69) is 61.8 Å². The van der Waals surface area contributed by atoms with E-state index in [1.54, 1.807) is 24.3 Å². The van der Waals surface area contributed by atoms with Gasteiger partial charge in [0, 0.05) is 49.1 Å². The molecule has 8 N–H and O–H groups in total. The molecule has 0 bridgehead atoms. The molecule has 0 aliphatic rings. The van der Waals surface area contributed by atoms with E-state index in [1.165, 1.54) is 36.4 Å². The molecule has 312 valence electrons. The van der Waals surface area contributed by atoms with Crippen LogP contribution < -0.4 is 91.0 Å². The Labute approximate surface area is 401 Å². The fourth-order valence-electron chi connectivity index (χ4n) is 5.36. The third-order valence-electron chi connectivity index (χ3n) is 8.09. The Morgan fingerprint density at radius 3 is 1.11 bits per heavy atom. The molecule has 0 aliphatic carbocycles. The average Bonchev–Trinajstić information content (AvgIpc) is 3.21. The summed E-state index contributed by atoms with van der Waals surface area (Å²) in [6, 6.07) is 25.7. The summed E-state index contributed by atoms with van der Waals surface area (Å²) < 4.78 is 75.0. The van der Waals surface area contributed by atoms with Gasteiger partial charge in [0.1, 0.15) is 20.2 Å². The summed E-state index contributed by atoms with van der Waals surface area (Å²) >= 11 is 0. The van der Waals surface area contributed by atoms with Crippen LogP contribution in [0.15, 0.2) is 107 Å². The van der Waals surface area contributed by atoms with E-state index in [-0.39, 0.29) is 131 Å². The van der Waals surface area contributed by atoms with Crippen molar-refractivity contribution < 1.29 is 95.3 Å². The summed E-state index contributed by atoms with van der Waals surface area (Å²) in [6.45, 7) is 0.560. The van der Waals surface area contributed by atoms with Gasteiger partial charge in [0.05, 0.1) is 9.79 Å². The van der Waals surface area contributed by atoms with Crippen LogP contribution in [0.25, 0.3) is 12.2 Å². The molecule has 0 fully saturated rings. The van der Waals surface area contributed by atoms with E-state index < -0.39 is 30.0 Å². The molecular formula is C38H38N12Na2O8S2. The first-order valence-corrected chi connectivity index (χ1v) is 21.0. The molecule has 2 aromatic heterocycles. The summed E-state index contributed by atoms with van der Waals surface area (Å²) in [7, 11) is -10.2. The Bertz CT molecular complexity index is 2490. The Morgan fingerprint density at radius 2 is 0.790 bits per heavy atom. The van der Waals surface area contributed by atoms with Crippen molar-refractivity contribution in [3.05, 3.63) is 108 Å². The number of aromatic nitrogens is 6. The SMILES string of the molecule is O=S(=O)([O-])c1cc(Nc2nc(NCCCO)nc(Nc3ccccc3)n2)ccc1C=Cc1ccc(Nc2nc(NCCCO)nc(Nc3ccccc3)n2)cc1S(=O)(=O)[O-].[Na+].[Na+]. The van der Waals surface area contributed by atoms with Crippen molar-refractivity contribution in [1.82, 2.24) is 29.9 Å². The van der Waals surface area contributed by atoms with E-state index in [9.17, 15) is 36.2 Å². The number of para-hydroxylation sites is 2. The zero-order valence-electron chi connectivity index (χ0n) is 33.5. The Hall–Kier alpha value is -4.82. The van der Waals surface area contributed by atoms with Crippen LogP contribution in [0.5, 0.6) is 0 Å². The van der Waals surface area contributed by atoms with Gasteiger partial charge in [0.15, 0.2) is 0 Å². The van der Waals surface area contributed by atoms with E-state index in [0.29, 0.717) is 37.3 Å². The number of aliphatic hydroxyl groups is 2. The summed E-state index contributed by atoms with van der Waals surface area (Å²) in [4.78, 5) is 24.7. The summed E-state index contributed by atoms with van der Waals surface area (Å²) in [5.41, 5.74) is 1.37. The molecule has 6 aromatic rings. The van der Waals surface area contributed by atoms with Crippen LogP contribution in [0, 0.1) is 0 Å². The van der Waals surface area contributed by atoms with Gasteiger partial charge in [-0.3, -0.25) is 0 Å². The van der Waals surface area contributed by atoms with Crippen LogP contribution in [0.2, 0.25) is 0 Å². The third-order valence-corrected chi connectivity index (χ3v) is 9.87. The van der Waals surface area contributed by atoms with E-state index in [1.807, 2.05) is 36.4 Å². The Morgan fingerprint density at radius 1 is 0.468 bits per heavy atom. The van der Waals surface area contributed by atoms with Gasteiger partial charge in [-0.05, 0) is 72.5 Å². The molecular weight excluding hydrogens is 863 g/mol. The molecule has 6 rings (SSSR count). The molecule has 0 atom stereocenters. The fourth-order valence-corrected chi connectivity index (χ4v) is 6.76. The van der Waals surface area contributed by atoms with Gasteiger partial charge >= 0.3 is 59.1 Å². The molecule has 0 unspecified atom stereocenters. The second-order valence-corrected chi connectivity index (χ2v) is 15.3. The van der Waals surface area contributed by atoms with Crippen molar-refractivity contribution >= 4 is 90.8 Å². The van der Waals surface area contributed by atoms with Crippen molar-refractivity contribution in [2.24, 2.45) is 0 Å². The standard InChI is InChI=1S/C38H40N12O8S2.2Na/c51-21-7-19-39-33-45-35(41-27-9-3-1-4-10-27)49-37(47-33)43-29-17-15-25(31(23-29)59(53,54)55)13-14-26-16-18-30(24-32(26)60(56,57)58)44-38-48-34(40-20-8-22-52)46-36(50-38)42-28-11-5-2-6-12-28;;/h1-6,9-18,23-24,51-52H,7-8,19-22H2,(H,53,54,55)(H,56,57,58)(H3,39,41,43,45,47,49)(H3,40,42,44,46,48,50);;/q;2*+1/p-2. The monoisotopic (exact) mass is 900 g/mol. The first-order chi connectivity index (χ1) is 28.9. The van der Waals surface area contributed by atoms with Gasteiger partial charge in [0.25, 0.3) is 0 Å². The third kappa shape index (κ3) is 14.9. The van der Waals surface area contributed by atoms with Crippen LogP contribution in [-0.4, -0.2) is 92.4 Å². The second-order valence-electron chi connectivity index (χ2n) is 12.6. The van der Waals surface area contributed by atoms with Crippen LogP contribution in [0.3, 0.4) is 0 Å². The Kier molecular flexibility index (Phi) is 18.9. The maximum atomic E-state index is 12.5. The van der Waals surface area contributed by atoms with Gasteiger partial charge in [0.2, 0.25) is 35.7 Å². The van der Waals surface area contributed by atoms with Crippen LogP contribution >= 0.6 is 0 Å². The number of nitrogens with one attached hydrogen (secondary N) is 6. The van der Waals surface area contributed by atoms with Gasteiger partial charge < -0.3 is 51.2 Å². The van der Waals surface area contributed by atoms with Crippen LogP contribution in [0.1, 0.15) is 24.0 Å². The molecule has 20 nitrogen and oxygen atoms in total. The van der Waals surface area contributed by atoms with Gasteiger partial charge in [-0.2, -0.15) is 29.9 Å². The topological polar surface area (TPSA) is 304 Å². The molecule has 0 spiro atoms. The van der Waals surface area contributed by atoms with Gasteiger partial charge in [-0.15, -0.1) is 0 Å². The number of nitrogens with zero attached hydrogens (tertiary/aromatic N) is 6. The van der Waals surface area contributed by atoms with Crippen molar-refractivity contribution in [3.8, 4) is 0 Å². The molecule has 62 heavy (non-hydrogen) atoms. The number of hydrogen-bond acceptors (Lipinski definition) is 20. The summed E-state index contributed by atoms with van der Waals surface area (Å²) in [6.07, 6.45) is 3.22. The van der Waals surface area contributed by atoms with Crippen molar-refractivity contribution in [2.45, 2.75) is 22.6 Å². The summed E-state index contributed by atoms with van der Waals surface area (Å²) in [5.74, 6) is 0.551. The predicted octanol–water partition coefficient (Wildman–Crippen LogP) is -1.39. The van der Waals surface area contributed by atoms with Gasteiger partial charge in [-0.1, -0.05) is 60.7 Å². The van der Waals surface area contributed by atoms with Gasteiger partial charge in [-0.25, -0.2) is 16.8 Å². The molecule has 0 saturated heterocycles. The minimum absolute atomic E-state index is 0. The number of benzene rings is 4. The number of hydrogen-bond donors (Lipinski definition) is 8. The van der Waals surface area contributed by atoms with Crippen LogP contribution in [-0.2, 0) is 20.2 Å². The molecule has 0 aliphatic heterocycles. The molecule has 0 radical (unpaired) electrons. The maximum absolute atomic E-state index is 12.5. The van der Waals surface area contributed by atoms with Crippen molar-refractivity contribution in [1.29, 1.82) is 0 Å². The van der Waals surface area contributed by atoms with Crippen LogP contribution in [0.4, 0.5) is 58.4 Å². The molecule has 24 heteroatoms. The average molecular weight is 901 g/mol. The molecule has 2 heterocycles. The first kappa shape index (κ1) is 49.8. The quantitative estimate of drug-likeness (QED) is 0.0189. The Balaban J connectivity index is 0.00000422. The maximum Gasteiger partial charge on any atom is 1.00 e. The number of aliphatic hydroxyl groups excluding tert-OH is 2. The fraction of sp³-hybridized carbons (Fsp3) is 0.158. The molecule has 0 saturated carbocycles. The van der Waals surface area contributed by atoms with E-state index in [0.717, 1.165) is 12.1 Å².